The van der Waals surface area contributed by atoms with Gasteiger partial charge in [-0.15, -0.1) is 0 Å². The topological polar surface area (TPSA) is 12.5 Å². The first-order chi connectivity index (χ1) is 5.77. The molecule has 0 heterocycles. The quantitative estimate of drug-likeness (QED) is 0.477. The van der Waals surface area contributed by atoms with E-state index in [4.69, 9.17) is 4.74 Å². The largest absolute Gasteiger partial charge is 0.380 e. The number of hydrogen-bond donors (Lipinski definition) is 1. The van der Waals surface area contributed by atoms with E-state index < -0.39 is 0 Å². The monoisotopic (exact) mass is 209 g/mol. The second-order valence-corrected chi connectivity index (χ2v) is 4.42. The summed E-state index contributed by atoms with van der Waals surface area (Å²) in [7, 11) is 4.19. The van der Waals surface area contributed by atoms with Gasteiger partial charge in [-0.3, -0.25) is 0 Å². The van der Waals surface area contributed by atoms with Crippen LogP contribution in [0.25, 0.3) is 0 Å². The Balaban J connectivity index is 2.82. The molecule has 0 saturated heterocycles. The zero-order chi connectivity index (χ0) is 9.23. The molecule has 0 atom stereocenters. The van der Waals surface area contributed by atoms with Crippen molar-refractivity contribution in [2.75, 3.05) is 51.1 Å². The van der Waals surface area contributed by atoms with Crippen LogP contribution in [0.3, 0.4) is 0 Å². The highest BCUT2D eigenvalue weighted by atomic mass is 32.2. The van der Waals surface area contributed by atoms with Gasteiger partial charge in [0.15, 0.2) is 0 Å². The second-order valence-electron chi connectivity index (χ2n) is 2.75. The van der Waals surface area contributed by atoms with Crippen LogP contribution in [-0.4, -0.2) is 56.0 Å². The molecule has 0 saturated carbocycles. The van der Waals surface area contributed by atoms with Crippen molar-refractivity contribution < 1.29 is 4.74 Å². The van der Waals surface area contributed by atoms with Crippen molar-refractivity contribution in [3.63, 3.8) is 0 Å². The molecule has 0 rings (SSSR count). The molecule has 0 aromatic heterocycles. The van der Waals surface area contributed by atoms with Crippen molar-refractivity contribution in [2.45, 2.75) is 0 Å². The molecule has 0 N–H and O–H groups in total. The Morgan fingerprint density at radius 1 is 1.25 bits per heavy atom. The maximum atomic E-state index is 5.28. The van der Waals surface area contributed by atoms with E-state index in [1.54, 1.807) is 0 Å². The minimum Gasteiger partial charge on any atom is -0.380 e. The van der Waals surface area contributed by atoms with Gasteiger partial charge >= 0.3 is 0 Å². The normalized spacial score (nSPS) is 11.0. The lowest BCUT2D eigenvalue weighted by Crippen LogP contribution is -2.15. The van der Waals surface area contributed by atoms with Crippen LogP contribution in [0.15, 0.2) is 0 Å². The van der Waals surface area contributed by atoms with Crippen LogP contribution in [0.1, 0.15) is 0 Å². The second kappa shape index (κ2) is 9.71. The van der Waals surface area contributed by atoms with Crippen LogP contribution in [-0.2, 0) is 4.74 Å². The summed E-state index contributed by atoms with van der Waals surface area (Å²) in [6.45, 7) is 2.78. The highest BCUT2D eigenvalue weighted by Crippen LogP contribution is 1.99. The molecule has 0 aromatic rings. The molecule has 0 radical (unpaired) electrons. The van der Waals surface area contributed by atoms with Gasteiger partial charge in [-0.2, -0.15) is 24.4 Å². The van der Waals surface area contributed by atoms with Crippen molar-refractivity contribution in [3.05, 3.63) is 0 Å². The van der Waals surface area contributed by atoms with Crippen LogP contribution >= 0.6 is 24.4 Å². The molecular formula is C8H19NOS2. The Morgan fingerprint density at radius 3 is 2.58 bits per heavy atom. The Kier molecular flexibility index (Phi) is 10.2. The molecule has 0 spiro atoms. The van der Waals surface area contributed by atoms with E-state index in [-0.39, 0.29) is 0 Å². The van der Waals surface area contributed by atoms with Crippen molar-refractivity contribution in [2.24, 2.45) is 0 Å². The predicted molar refractivity (Wildman–Crippen MR) is 60.6 cm³/mol. The highest BCUT2D eigenvalue weighted by molar-refractivity contribution is 7.99. The van der Waals surface area contributed by atoms with E-state index in [9.17, 15) is 0 Å². The molecule has 0 unspecified atom stereocenters. The van der Waals surface area contributed by atoms with Crippen molar-refractivity contribution in [1.82, 2.24) is 4.90 Å². The number of rotatable bonds is 8. The Bertz CT molecular complexity index is 91.1. The summed E-state index contributed by atoms with van der Waals surface area (Å²) < 4.78 is 5.28. The molecule has 12 heavy (non-hydrogen) atoms. The van der Waals surface area contributed by atoms with Gasteiger partial charge in [0, 0.05) is 23.8 Å². The molecule has 0 amide bonds. The van der Waals surface area contributed by atoms with E-state index in [1.165, 1.54) is 5.75 Å². The summed E-state index contributed by atoms with van der Waals surface area (Å²) in [6, 6.07) is 0. The smallest absolute Gasteiger partial charge is 0.0557 e. The average Bonchev–Trinajstić information content (AvgIpc) is 2.02. The number of nitrogens with zero attached hydrogens (tertiary/aromatic N) is 1. The van der Waals surface area contributed by atoms with Crippen LogP contribution in [0.5, 0.6) is 0 Å². The third-order valence-corrected chi connectivity index (χ3v) is 2.40. The molecule has 4 heteroatoms. The molecule has 0 aromatic carbocycles. The van der Waals surface area contributed by atoms with Crippen molar-refractivity contribution in [3.8, 4) is 0 Å². The first-order valence-corrected chi connectivity index (χ1v) is 5.97. The summed E-state index contributed by atoms with van der Waals surface area (Å²) >= 11 is 5.99. The maximum Gasteiger partial charge on any atom is 0.0557 e. The lowest BCUT2D eigenvalue weighted by Gasteiger charge is -2.08. The third-order valence-electron chi connectivity index (χ3n) is 1.29. The molecule has 0 aliphatic carbocycles. The standard InChI is InChI=1S/C8H19NOS2/c1-9(2)3-7-12-8-5-10-4-6-11/h11H,3-8H2,1-2H3. The van der Waals surface area contributed by atoms with Gasteiger partial charge < -0.3 is 9.64 Å². The van der Waals surface area contributed by atoms with Crippen molar-refractivity contribution >= 4 is 24.4 Å². The fourth-order valence-corrected chi connectivity index (χ4v) is 1.70. The molecule has 0 bridgehead atoms. The summed E-state index contributed by atoms with van der Waals surface area (Å²) in [5.74, 6) is 3.11. The van der Waals surface area contributed by atoms with Crippen LogP contribution in [0.2, 0.25) is 0 Å². The van der Waals surface area contributed by atoms with Crippen LogP contribution in [0, 0.1) is 0 Å². The van der Waals surface area contributed by atoms with E-state index >= 15 is 0 Å². The van der Waals surface area contributed by atoms with E-state index in [0.29, 0.717) is 0 Å². The molecule has 0 fully saturated rings. The molecule has 74 valence electrons. The molecular weight excluding hydrogens is 190 g/mol. The van der Waals surface area contributed by atoms with Gasteiger partial charge in [0.25, 0.3) is 0 Å². The Morgan fingerprint density at radius 2 is 2.00 bits per heavy atom. The van der Waals surface area contributed by atoms with Gasteiger partial charge in [0.05, 0.1) is 13.2 Å². The fourth-order valence-electron chi connectivity index (χ4n) is 0.634. The minimum atomic E-state index is 0.775. The van der Waals surface area contributed by atoms with Gasteiger partial charge in [-0.05, 0) is 14.1 Å². The summed E-state index contributed by atoms with van der Waals surface area (Å²) in [5, 5.41) is 0. The molecule has 0 aliphatic heterocycles. The van der Waals surface area contributed by atoms with E-state index in [2.05, 4.69) is 31.6 Å². The SMILES string of the molecule is CN(C)CCSCCOCCS. The molecule has 2 nitrogen and oxygen atoms in total. The molecule has 0 aliphatic rings. The lowest BCUT2D eigenvalue weighted by molar-refractivity contribution is 0.167. The maximum absolute atomic E-state index is 5.28. The zero-order valence-electron chi connectivity index (χ0n) is 7.95. The first-order valence-electron chi connectivity index (χ1n) is 4.18. The number of thioether (sulfide) groups is 1. The first kappa shape index (κ1) is 12.6. The third kappa shape index (κ3) is 10.6. The highest BCUT2D eigenvalue weighted by Gasteiger charge is 1.91. The van der Waals surface area contributed by atoms with Crippen LogP contribution < -0.4 is 0 Å². The van der Waals surface area contributed by atoms with Crippen molar-refractivity contribution in [1.29, 1.82) is 0 Å². The fraction of sp³-hybridized carbons (Fsp3) is 1.00. The number of thiol groups is 1. The predicted octanol–water partition coefficient (Wildman–Crippen LogP) is 1.23. The van der Waals surface area contributed by atoms with Gasteiger partial charge in [-0.25, -0.2) is 0 Å². The lowest BCUT2D eigenvalue weighted by atomic mass is 10.7. The van der Waals surface area contributed by atoms with Gasteiger partial charge in [-0.1, -0.05) is 0 Å². The Hall–Kier alpha value is 0.620. The number of hydrogen-bond acceptors (Lipinski definition) is 4. The number of ether oxygens (including phenoxy) is 1. The van der Waals surface area contributed by atoms with Gasteiger partial charge in [0.1, 0.15) is 0 Å². The Labute approximate surface area is 85.4 Å². The average molecular weight is 209 g/mol. The van der Waals surface area contributed by atoms with Crippen LogP contribution in [0.4, 0.5) is 0 Å². The minimum absolute atomic E-state index is 0.775. The summed E-state index contributed by atoms with van der Waals surface area (Å²) in [4.78, 5) is 2.20. The summed E-state index contributed by atoms with van der Waals surface area (Å²) in [5.41, 5.74) is 0. The van der Waals surface area contributed by atoms with E-state index in [0.717, 1.165) is 31.3 Å². The summed E-state index contributed by atoms with van der Waals surface area (Å²) in [6.07, 6.45) is 0. The van der Waals surface area contributed by atoms with Gasteiger partial charge in [0.2, 0.25) is 0 Å². The van der Waals surface area contributed by atoms with E-state index in [1.807, 2.05) is 11.8 Å². The zero-order valence-corrected chi connectivity index (χ0v) is 9.66.